The Bertz CT molecular complexity index is 745. The lowest BCUT2D eigenvalue weighted by atomic mass is 10.1. The second kappa shape index (κ2) is 7.68. The molecule has 126 valence electrons. The maximum absolute atomic E-state index is 13.7. The van der Waals surface area contributed by atoms with Crippen LogP contribution in [0.5, 0.6) is 0 Å². The van der Waals surface area contributed by atoms with E-state index in [-0.39, 0.29) is 18.0 Å². The zero-order valence-electron chi connectivity index (χ0n) is 13.4. The number of halogens is 2. The molecule has 1 atom stereocenters. The van der Waals surface area contributed by atoms with Crippen molar-refractivity contribution in [1.29, 1.82) is 0 Å². The molecule has 0 bridgehead atoms. The van der Waals surface area contributed by atoms with Gasteiger partial charge < -0.3 is 10.6 Å². The fourth-order valence-corrected chi connectivity index (χ4v) is 2.18. The first-order valence-corrected chi connectivity index (χ1v) is 7.46. The molecule has 0 saturated carbocycles. The highest BCUT2D eigenvalue weighted by Gasteiger charge is 2.15. The Labute approximate surface area is 138 Å². The minimum absolute atomic E-state index is 0.0493. The van der Waals surface area contributed by atoms with E-state index in [1.165, 1.54) is 6.92 Å². The molecule has 0 aromatic heterocycles. The number of amides is 2. The summed E-state index contributed by atoms with van der Waals surface area (Å²) in [6, 6.07) is 9.24. The molecule has 6 heteroatoms. The third-order valence-corrected chi connectivity index (χ3v) is 3.53. The van der Waals surface area contributed by atoms with Gasteiger partial charge in [-0.2, -0.15) is 0 Å². The van der Waals surface area contributed by atoms with Crippen LogP contribution in [0.1, 0.15) is 34.5 Å². The summed E-state index contributed by atoms with van der Waals surface area (Å²) < 4.78 is 26.8. The first kappa shape index (κ1) is 17.6. The molecule has 4 nitrogen and oxygen atoms in total. The molecule has 2 N–H and O–H groups in total. The van der Waals surface area contributed by atoms with E-state index in [0.29, 0.717) is 5.56 Å². The molecule has 2 aromatic carbocycles. The molecule has 2 amide bonds. The third-order valence-electron chi connectivity index (χ3n) is 3.53. The van der Waals surface area contributed by atoms with Crippen LogP contribution in [0.3, 0.4) is 0 Å². The Hall–Kier alpha value is -2.76. The number of benzene rings is 2. The van der Waals surface area contributed by atoms with Crippen LogP contribution in [0.15, 0.2) is 42.5 Å². The van der Waals surface area contributed by atoms with E-state index in [9.17, 15) is 18.4 Å². The van der Waals surface area contributed by atoms with Crippen molar-refractivity contribution in [3.05, 3.63) is 70.8 Å². The fourth-order valence-electron chi connectivity index (χ4n) is 2.18. The molecule has 0 heterocycles. The largest absolute Gasteiger partial charge is 0.348 e. The standard InChI is InChI=1S/C18H18F2N2O2/c1-11-3-5-13(6-4-11)18(24)21-10-17(23)22-12(2)15-9-14(19)7-8-16(15)20/h3-9,12H,10H2,1-2H3,(H,21,24)(H,22,23). The molecule has 0 spiro atoms. The van der Waals surface area contributed by atoms with Gasteiger partial charge in [0.15, 0.2) is 0 Å². The normalized spacial score (nSPS) is 11.7. The van der Waals surface area contributed by atoms with Crippen molar-refractivity contribution >= 4 is 11.8 Å². The highest BCUT2D eigenvalue weighted by atomic mass is 19.1. The second-order valence-electron chi connectivity index (χ2n) is 5.50. The predicted octanol–water partition coefficient (Wildman–Crippen LogP) is 2.88. The maximum atomic E-state index is 13.7. The highest BCUT2D eigenvalue weighted by molar-refractivity contribution is 5.96. The molecule has 0 radical (unpaired) electrons. The van der Waals surface area contributed by atoms with Crippen LogP contribution in [-0.2, 0) is 4.79 Å². The average molecular weight is 332 g/mol. The van der Waals surface area contributed by atoms with E-state index in [2.05, 4.69) is 10.6 Å². The van der Waals surface area contributed by atoms with Crippen LogP contribution >= 0.6 is 0 Å². The molecule has 0 aliphatic rings. The Morgan fingerprint density at radius 2 is 1.75 bits per heavy atom. The molecule has 24 heavy (non-hydrogen) atoms. The van der Waals surface area contributed by atoms with Crippen LogP contribution in [-0.4, -0.2) is 18.4 Å². The summed E-state index contributed by atoms with van der Waals surface area (Å²) in [6.07, 6.45) is 0. The summed E-state index contributed by atoms with van der Waals surface area (Å²) in [4.78, 5) is 23.8. The summed E-state index contributed by atoms with van der Waals surface area (Å²) in [6.45, 7) is 3.19. The van der Waals surface area contributed by atoms with E-state index < -0.39 is 23.6 Å². The molecule has 0 fully saturated rings. The van der Waals surface area contributed by atoms with Gasteiger partial charge in [0.05, 0.1) is 12.6 Å². The van der Waals surface area contributed by atoms with Gasteiger partial charge in [0.2, 0.25) is 5.91 Å². The first-order valence-electron chi connectivity index (χ1n) is 7.46. The lowest BCUT2D eigenvalue weighted by molar-refractivity contribution is -0.120. The maximum Gasteiger partial charge on any atom is 0.251 e. The number of rotatable bonds is 5. The van der Waals surface area contributed by atoms with E-state index >= 15 is 0 Å². The summed E-state index contributed by atoms with van der Waals surface area (Å²) in [7, 11) is 0. The predicted molar refractivity (Wildman–Crippen MR) is 86.4 cm³/mol. The molecule has 2 aromatic rings. The van der Waals surface area contributed by atoms with Crippen LogP contribution in [0.25, 0.3) is 0 Å². The van der Waals surface area contributed by atoms with Crippen LogP contribution in [0.2, 0.25) is 0 Å². The van der Waals surface area contributed by atoms with Crippen molar-refractivity contribution in [1.82, 2.24) is 10.6 Å². The number of aryl methyl sites for hydroxylation is 1. The third kappa shape index (κ3) is 4.62. The van der Waals surface area contributed by atoms with Gasteiger partial charge in [-0.25, -0.2) is 8.78 Å². The van der Waals surface area contributed by atoms with Crippen molar-refractivity contribution in [3.63, 3.8) is 0 Å². The Morgan fingerprint density at radius 1 is 1.08 bits per heavy atom. The average Bonchev–Trinajstić information content (AvgIpc) is 2.55. The summed E-state index contributed by atoms with van der Waals surface area (Å²) in [5, 5.41) is 5.00. The molecule has 0 aliphatic carbocycles. The van der Waals surface area contributed by atoms with Crippen LogP contribution in [0, 0.1) is 18.6 Å². The molecular weight excluding hydrogens is 314 g/mol. The van der Waals surface area contributed by atoms with E-state index in [4.69, 9.17) is 0 Å². The van der Waals surface area contributed by atoms with Crippen molar-refractivity contribution in [2.45, 2.75) is 19.9 Å². The Kier molecular flexibility index (Phi) is 5.63. The van der Waals surface area contributed by atoms with Gasteiger partial charge in [-0.1, -0.05) is 17.7 Å². The summed E-state index contributed by atoms with van der Waals surface area (Å²) >= 11 is 0. The molecule has 1 unspecified atom stereocenters. The minimum atomic E-state index is -0.718. The second-order valence-corrected chi connectivity index (χ2v) is 5.50. The van der Waals surface area contributed by atoms with Crippen molar-refractivity contribution in [2.75, 3.05) is 6.54 Å². The van der Waals surface area contributed by atoms with Crippen molar-refractivity contribution in [3.8, 4) is 0 Å². The number of hydrogen-bond donors (Lipinski definition) is 2. The first-order chi connectivity index (χ1) is 11.4. The quantitative estimate of drug-likeness (QED) is 0.884. The van der Waals surface area contributed by atoms with Gasteiger partial charge in [-0.3, -0.25) is 9.59 Å². The lowest BCUT2D eigenvalue weighted by Crippen LogP contribution is -2.38. The van der Waals surface area contributed by atoms with Crippen molar-refractivity contribution in [2.24, 2.45) is 0 Å². The van der Waals surface area contributed by atoms with E-state index in [0.717, 1.165) is 23.8 Å². The molecule has 0 saturated heterocycles. The van der Waals surface area contributed by atoms with Gasteiger partial charge in [-0.15, -0.1) is 0 Å². The van der Waals surface area contributed by atoms with E-state index in [1.54, 1.807) is 24.3 Å². The number of carbonyl (C=O) groups excluding carboxylic acids is 2. The summed E-state index contributed by atoms with van der Waals surface area (Å²) in [5.41, 5.74) is 1.51. The smallest absolute Gasteiger partial charge is 0.251 e. The van der Waals surface area contributed by atoms with Crippen molar-refractivity contribution < 1.29 is 18.4 Å². The van der Waals surface area contributed by atoms with Gasteiger partial charge >= 0.3 is 0 Å². The minimum Gasteiger partial charge on any atom is -0.348 e. The zero-order valence-corrected chi connectivity index (χ0v) is 13.4. The Morgan fingerprint density at radius 3 is 2.42 bits per heavy atom. The van der Waals surface area contributed by atoms with Crippen LogP contribution in [0.4, 0.5) is 8.78 Å². The molecular formula is C18H18F2N2O2. The van der Waals surface area contributed by atoms with E-state index in [1.807, 2.05) is 6.92 Å². The topological polar surface area (TPSA) is 58.2 Å². The highest BCUT2D eigenvalue weighted by Crippen LogP contribution is 2.17. The van der Waals surface area contributed by atoms with Gasteiger partial charge in [0.25, 0.3) is 5.91 Å². The number of hydrogen-bond acceptors (Lipinski definition) is 2. The number of carbonyl (C=O) groups is 2. The summed E-state index contributed by atoms with van der Waals surface area (Å²) in [5.74, 6) is -2.06. The Balaban J connectivity index is 1.89. The number of nitrogens with one attached hydrogen (secondary N) is 2. The SMILES string of the molecule is Cc1ccc(C(=O)NCC(=O)NC(C)c2cc(F)ccc2F)cc1. The monoisotopic (exact) mass is 332 g/mol. The van der Waals surface area contributed by atoms with Gasteiger partial charge in [-0.05, 0) is 44.2 Å². The molecule has 2 rings (SSSR count). The zero-order chi connectivity index (χ0) is 17.7. The molecule has 0 aliphatic heterocycles. The lowest BCUT2D eigenvalue weighted by Gasteiger charge is -2.15. The van der Waals surface area contributed by atoms with Gasteiger partial charge in [0.1, 0.15) is 11.6 Å². The fraction of sp³-hybridized carbons (Fsp3) is 0.222. The van der Waals surface area contributed by atoms with Gasteiger partial charge in [0, 0.05) is 11.1 Å². The van der Waals surface area contributed by atoms with Crippen LogP contribution < -0.4 is 10.6 Å².